The predicted molar refractivity (Wildman–Crippen MR) is 87.7 cm³/mol. The minimum absolute atomic E-state index is 0.0672. The van der Waals surface area contributed by atoms with Crippen LogP contribution >= 0.6 is 12.6 Å². The van der Waals surface area contributed by atoms with Gasteiger partial charge in [-0.2, -0.15) is 0 Å². The molecule has 1 aliphatic heterocycles. The molecule has 0 spiro atoms. The first-order valence-electron chi connectivity index (χ1n) is 5.87. The number of carbonyl (C=O) groups excluding carboxylic acids is 2. The predicted octanol–water partition coefficient (Wildman–Crippen LogP) is 1.06. The number of hydrogen-bond acceptors (Lipinski definition) is 6. The number of carbonyl (C=O) groups is 2. The highest BCUT2D eigenvalue weighted by molar-refractivity contribution is 8.35. The summed E-state index contributed by atoms with van der Waals surface area (Å²) in [4.78, 5) is 23.3. The third-order valence-electron chi connectivity index (χ3n) is 2.85. The van der Waals surface area contributed by atoms with Crippen LogP contribution in [0.3, 0.4) is 0 Å². The Morgan fingerprint density at radius 1 is 1.36 bits per heavy atom. The van der Waals surface area contributed by atoms with Crippen LogP contribution in [0.2, 0.25) is 0 Å². The Balaban J connectivity index is 2.77. The standard InChI is InChI=1S/C13H11NO5S3/c1-19-13(16)8-10(20)9(14-12(8)15)11(22(17,18)21)7-5-3-2-4-6-7/h2-6,20H,1H3,(H,14,15)(H,17,18,21)/b11-9-. The average molecular weight is 357 g/mol. The Morgan fingerprint density at radius 2 is 1.95 bits per heavy atom. The van der Waals surface area contributed by atoms with E-state index >= 15 is 0 Å². The lowest BCUT2D eigenvalue weighted by Gasteiger charge is -2.11. The molecule has 1 amide bonds. The Bertz CT molecular complexity index is 809. The summed E-state index contributed by atoms with van der Waals surface area (Å²) in [5.74, 6) is -1.65. The lowest BCUT2D eigenvalue weighted by Crippen LogP contribution is -2.22. The fraction of sp³-hybridized carbons (Fsp3) is 0.0769. The first kappa shape index (κ1) is 16.7. The van der Waals surface area contributed by atoms with Gasteiger partial charge in [0.15, 0.2) is 8.77 Å². The first-order valence-corrected chi connectivity index (χ1v) is 8.76. The highest BCUT2D eigenvalue weighted by Crippen LogP contribution is 2.33. The summed E-state index contributed by atoms with van der Waals surface area (Å²) in [6, 6.07) is 8.15. The number of benzene rings is 1. The number of methoxy groups -OCH3 is 1. The van der Waals surface area contributed by atoms with Gasteiger partial charge in [-0.05, 0) is 5.56 Å². The Labute approximate surface area is 137 Å². The topological polar surface area (TPSA) is 92.7 Å². The van der Waals surface area contributed by atoms with Gasteiger partial charge in [0.25, 0.3) is 5.91 Å². The van der Waals surface area contributed by atoms with Crippen molar-refractivity contribution in [3.63, 3.8) is 0 Å². The van der Waals surface area contributed by atoms with Crippen LogP contribution in [0.25, 0.3) is 4.91 Å². The van der Waals surface area contributed by atoms with Crippen molar-refractivity contribution in [1.82, 2.24) is 5.32 Å². The largest absolute Gasteiger partial charge is 0.465 e. The second-order valence-corrected chi connectivity index (χ2v) is 7.38. The van der Waals surface area contributed by atoms with Crippen molar-refractivity contribution in [3.8, 4) is 0 Å². The molecule has 1 aromatic rings. The van der Waals surface area contributed by atoms with Crippen LogP contribution in [-0.4, -0.2) is 27.7 Å². The van der Waals surface area contributed by atoms with Crippen molar-refractivity contribution in [2.24, 2.45) is 0 Å². The molecule has 1 atom stereocenters. The van der Waals surface area contributed by atoms with E-state index in [1.54, 1.807) is 30.3 Å². The Morgan fingerprint density at radius 3 is 2.45 bits per heavy atom. The van der Waals surface area contributed by atoms with Gasteiger partial charge in [-0.1, -0.05) is 30.3 Å². The molecule has 0 radical (unpaired) electrons. The van der Waals surface area contributed by atoms with Crippen LogP contribution in [-0.2, 0) is 34.3 Å². The quantitative estimate of drug-likeness (QED) is 0.426. The summed E-state index contributed by atoms with van der Waals surface area (Å²) in [5.41, 5.74) is -0.0617. The van der Waals surface area contributed by atoms with Crippen molar-refractivity contribution < 1.29 is 23.1 Å². The zero-order chi connectivity index (χ0) is 16.5. The van der Waals surface area contributed by atoms with E-state index in [-0.39, 0.29) is 21.1 Å². The van der Waals surface area contributed by atoms with E-state index in [2.05, 4.69) is 33.9 Å². The second kappa shape index (κ2) is 6.21. The Hall–Kier alpha value is -1.68. The lowest BCUT2D eigenvalue weighted by atomic mass is 10.2. The molecule has 0 saturated heterocycles. The maximum atomic E-state index is 12.1. The highest BCUT2D eigenvalue weighted by atomic mass is 32.8. The van der Waals surface area contributed by atoms with E-state index in [0.29, 0.717) is 5.56 Å². The molecule has 116 valence electrons. The average Bonchev–Trinajstić information content (AvgIpc) is 2.73. The van der Waals surface area contributed by atoms with Crippen LogP contribution in [0.15, 0.2) is 46.5 Å². The second-order valence-electron chi connectivity index (χ2n) is 4.21. The maximum Gasteiger partial charge on any atom is 0.344 e. The fourth-order valence-electron chi connectivity index (χ4n) is 1.94. The normalized spacial score (nSPS) is 19.5. The molecule has 9 heteroatoms. The van der Waals surface area contributed by atoms with E-state index in [4.69, 9.17) is 0 Å². The number of esters is 1. The molecule has 0 bridgehead atoms. The van der Waals surface area contributed by atoms with Crippen molar-refractivity contribution in [2.45, 2.75) is 0 Å². The van der Waals surface area contributed by atoms with E-state index in [1.165, 1.54) is 0 Å². The summed E-state index contributed by atoms with van der Waals surface area (Å²) in [7, 11) is -2.73. The van der Waals surface area contributed by atoms with Gasteiger partial charge < -0.3 is 14.6 Å². The van der Waals surface area contributed by atoms with Crippen molar-refractivity contribution in [1.29, 1.82) is 0 Å². The third kappa shape index (κ3) is 3.07. The molecule has 2 rings (SSSR count). The molecule has 1 aromatic carbocycles. The maximum absolute atomic E-state index is 12.1. The molecule has 0 saturated carbocycles. The number of hydrogen-bond donors (Lipinski definition) is 3. The summed E-state index contributed by atoms with van der Waals surface area (Å²) in [6.07, 6.45) is 0. The molecule has 0 aromatic heterocycles. The SMILES string of the molecule is COC(=O)C1=C(S)/C(=C(\c2ccccc2)S(=O)(O)=S)NC1=O. The van der Waals surface area contributed by atoms with Gasteiger partial charge in [0.05, 0.1) is 17.7 Å². The minimum Gasteiger partial charge on any atom is -0.465 e. The van der Waals surface area contributed by atoms with Crippen molar-refractivity contribution >= 4 is 49.4 Å². The smallest absolute Gasteiger partial charge is 0.344 e. The summed E-state index contributed by atoms with van der Waals surface area (Å²) >= 11 is 8.76. The molecule has 22 heavy (non-hydrogen) atoms. The summed E-state index contributed by atoms with van der Waals surface area (Å²) < 4.78 is 26.4. The Kier molecular flexibility index (Phi) is 4.71. The minimum atomic E-state index is -3.85. The van der Waals surface area contributed by atoms with Crippen molar-refractivity contribution in [2.75, 3.05) is 7.11 Å². The number of nitrogens with one attached hydrogen (secondary N) is 1. The number of thiol groups is 1. The molecule has 1 heterocycles. The van der Waals surface area contributed by atoms with Gasteiger partial charge in [0, 0.05) is 16.1 Å². The van der Waals surface area contributed by atoms with Gasteiger partial charge in [0.1, 0.15) is 5.57 Å². The molecular weight excluding hydrogens is 346 g/mol. The van der Waals surface area contributed by atoms with E-state index in [9.17, 15) is 18.4 Å². The lowest BCUT2D eigenvalue weighted by molar-refractivity contribution is -0.137. The van der Waals surface area contributed by atoms with E-state index in [1.807, 2.05) is 0 Å². The van der Waals surface area contributed by atoms with Gasteiger partial charge in [-0.15, -0.1) is 12.6 Å². The van der Waals surface area contributed by atoms with E-state index < -0.39 is 20.6 Å². The summed E-state index contributed by atoms with van der Waals surface area (Å²) in [5, 5.41) is 2.36. The van der Waals surface area contributed by atoms with Gasteiger partial charge in [0.2, 0.25) is 0 Å². The van der Waals surface area contributed by atoms with Gasteiger partial charge in [-0.3, -0.25) is 4.79 Å². The first-order chi connectivity index (χ1) is 10.3. The van der Waals surface area contributed by atoms with Crippen LogP contribution in [0.4, 0.5) is 0 Å². The number of ether oxygens (including phenoxy) is 1. The molecule has 2 N–H and O–H groups in total. The van der Waals surface area contributed by atoms with Gasteiger partial charge >= 0.3 is 5.97 Å². The van der Waals surface area contributed by atoms with Crippen LogP contribution < -0.4 is 5.32 Å². The van der Waals surface area contributed by atoms with Gasteiger partial charge in [-0.25, -0.2) is 9.00 Å². The molecule has 1 unspecified atom stereocenters. The third-order valence-corrected chi connectivity index (χ3v) is 4.75. The van der Waals surface area contributed by atoms with E-state index in [0.717, 1.165) is 7.11 Å². The summed E-state index contributed by atoms with van der Waals surface area (Å²) in [6.45, 7) is 0. The molecule has 6 nitrogen and oxygen atoms in total. The highest BCUT2D eigenvalue weighted by Gasteiger charge is 2.35. The van der Waals surface area contributed by atoms with Crippen LogP contribution in [0, 0.1) is 0 Å². The fourth-order valence-corrected chi connectivity index (χ4v) is 3.76. The molecule has 1 aliphatic rings. The van der Waals surface area contributed by atoms with Crippen molar-refractivity contribution in [3.05, 3.63) is 52.1 Å². The zero-order valence-electron chi connectivity index (χ0n) is 11.2. The number of rotatable bonds is 3. The zero-order valence-corrected chi connectivity index (χ0v) is 13.8. The van der Waals surface area contributed by atoms with Crippen LogP contribution in [0.1, 0.15) is 5.56 Å². The molecule has 0 fully saturated rings. The monoisotopic (exact) mass is 357 g/mol. The molecule has 0 aliphatic carbocycles. The number of amides is 1. The molecular formula is C13H11NO5S3. The van der Waals surface area contributed by atoms with Crippen LogP contribution in [0.5, 0.6) is 0 Å².